The maximum absolute atomic E-state index is 13.7. The van der Waals surface area contributed by atoms with Crippen LogP contribution < -0.4 is 10.2 Å². The van der Waals surface area contributed by atoms with E-state index in [2.05, 4.69) is 17.5 Å². The minimum absolute atomic E-state index is 0.167. The highest BCUT2D eigenvalue weighted by Crippen LogP contribution is 2.50. The van der Waals surface area contributed by atoms with Gasteiger partial charge in [-0.3, -0.25) is 19.3 Å². The number of anilines is 2. The first-order valence-electron chi connectivity index (χ1n) is 11.8. The number of carbonyl (C=O) groups is 3. The number of amides is 3. The van der Waals surface area contributed by atoms with Crippen molar-refractivity contribution in [3.8, 4) is 0 Å². The molecule has 2 saturated heterocycles. The maximum Gasteiger partial charge on any atom is 0.247 e. The van der Waals surface area contributed by atoms with Gasteiger partial charge >= 0.3 is 0 Å². The Morgan fingerprint density at radius 1 is 1.03 bits per heavy atom. The Balaban J connectivity index is 1.59. The summed E-state index contributed by atoms with van der Waals surface area (Å²) in [6, 6.07) is 11.8. The van der Waals surface area contributed by atoms with Gasteiger partial charge in [0, 0.05) is 28.5 Å². The maximum atomic E-state index is 13.7. The molecule has 0 radical (unpaired) electrons. The monoisotopic (exact) mass is 477 g/mol. The van der Waals surface area contributed by atoms with Crippen LogP contribution in [0.4, 0.5) is 11.4 Å². The standard InChI is InChI=1S/C27H28ClN3O3/c1-4-5-12-30-26(33)22-21-14-16(3)19-13-15(2)6-11-20(19)31(21)24(23(22)27(30)34)25(32)29-18-9-7-17(28)8-10-18/h6-11,13-14,21-24H,4-5,12H2,1-3H3,(H,29,32)/t21-,22-,23-,24-/m0/s1. The van der Waals surface area contributed by atoms with Crippen LogP contribution in [0, 0.1) is 18.8 Å². The molecule has 0 saturated carbocycles. The Hall–Kier alpha value is -3.12. The predicted octanol–water partition coefficient (Wildman–Crippen LogP) is 4.66. The predicted molar refractivity (Wildman–Crippen MR) is 134 cm³/mol. The van der Waals surface area contributed by atoms with E-state index in [0.717, 1.165) is 35.2 Å². The number of hydrogen-bond acceptors (Lipinski definition) is 4. The van der Waals surface area contributed by atoms with E-state index in [1.165, 1.54) is 4.90 Å². The van der Waals surface area contributed by atoms with Gasteiger partial charge in [-0.05, 0) is 62.2 Å². The van der Waals surface area contributed by atoms with E-state index in [4.69, 9.17) is 11.6 Å². The first-order chi connectivity index (χ1) is 16.3. The summed E-state index contributed by atoms with van der Waals surface area (Å²) in [4.78, 5) is 44.2. The van der Waals surface area contributed by atoms with E-state index in [-0.39, 0.29) is 23.8 Å². The highest BCUT2D eigenvalue weighted by molar-refractivity contribution is 6.30. The average Bonchev–Trinajstić information content (AvgIpc) is 3.27. The Morgan fingerprint density at radius 2 is 1.74 bits per heavy atom. The molecule has 3 amide bonds. The molecular weight excluding hydrogens is 450 g/mol. The number of halogens is 1. The molecular formula is C27H28ClN3O3. The average molecular weight is 478 g/mol. The summed E-state index contributed by atoms with van der Waals surface area (Å²) in [7, 11) is 0. The molecule has 1 N–H and O–H groups in total. The second-order valence-corrected chi connectivity index (χ2v) is 9.88. The first-order valence-corrected chi connectivity index (χ1v) is 12.2. The van der Waals surface area contributed by atoms with Crippen molar-refractivity contribution < 1.29 is 14.4 Å². The molecule has 3 aliphatic heterocycles. The Morgan fingerprint density at radius 3 is 2.44 bits per heavy atom. The zero-order chi connectivity index (χ0) is 24.1. The SMILES string of the molecule is CCCCN1C(=O)[C@@H]2[C@H](C1=O)[C@@H](C(=O)Nc1ccc(Cl)cc1)N1c3ccc(C)cc3C(C)=C[C@@H]21. The van der Waals surface area contributed by atoms with Gasteiger partial charge in [0.25, 0.3) is 0 Å². The third kappa shape index (κ3) is 3.52. The summed E-state index contributed by atoms with van der Waals surface area (Å²) in [5.74, 6) is -2.00. The van der Waals surface area contributed by atoms with E-state index in [1.54, 1.807) is 24.3 Å². The van der Waals surface area contributed by atoms with Gasteiger partial charge in [-0.1, -0.05) is 42.7 Å². The third-order valence-corrected chi connectivity index (χ3v) is 7.46. The Labute approximate surface area is 204 Å². The normalized spacial score (nSPS) is 25.1. The molecule has 3 heterocycles. The number of nitrogens with zero attached hydrogens (tertiary/aromatic N) is 2. The van der Waals surface area contributed by atoms with Gasteiger partial charge < -0.3 is 10.2 Å². The number of likely N-dealkylation sites (tertiary alicyclic amines) is 1. The van der Waals surface area contributed by atoms with Crippen LogP contribution in [-0.4, -0.2) is 41.2 Å². The lowest BCUT2D eigenvalue weighted by molar-refractivity contribution is -0.141. The molecule has 0 unspecified atom stereocenters. The number of hydrogen-bond donors (Lipinski definition) is 1. The van der Waals surface area contributed by atoms with Gasteiger partial charge in [0.2, 0.25) is 17.7 Å². The summed E-state index contributed by atoms with van der Waals surface area (Å²) in [6.07, 6.45) is 3.70. The van der Waals surface area contributed by atoms with Crippen LogP contribution in [0.25, 0.3) is 5.57 Å². The number of fused-ring (bicyclic) bond motifs is 5. The summed E-state index contributed by atoms with van der Waals surface area (Å²) in [5.41, 5.74) is 4.70. The van der Waals surface area contributed by atoms with Gasteiger partial charge in [-0.15, -0.1) is 0 Å². The quantitative estimate of drug-likeness (QED) is 0.636. The fourth-order valence-corrected chi connectivity index (χ4v) is 5.73. The molecule has 2 fully saturated rings. The fourth-order valence-electron chi connectivity index (χ4n) is 5.60. The summed E-state index contributed by atoms with van der Waals surface area (Å²) in [5, 5.41) is 3.53. The van der Waals surface area contributed by atoms with Crippen LogP contribution in [0.3, 0.4) is 0 Å². The minimum Gasteiger partial charge on any atom is -0.351 e. The van der Waals surface area contributed by atoms with E-state index in [1.807, 2.05) is 37.8 Å². The van der Waals surface area contributed by atoms with Gasteiger partial charge in [-0.2, -0.15) is 0 Å². The molecule has 0 spiro atoms. The van der Waals surface area contributed by atoms with Crippen molar-refractivity contribution in [3.63, 3.8) is 0 Å². The molecule has 0 bridgehead atoms. The van der Waals surface area contributed by atoms with Crippen LogP contribution in [0.15, 0.2) is 48.5 Å². The Kier molecular flexibility index (Phi) is 5.72. The number of rotatable bonds is 5. The largest absolute Gasteiger partial charge is 0.351 e. The van der Waals surface area contributed by atoms with Crippen LogP contribution >= 0.6 is 11.6 Å². The summed E-state index contributed by atoms with van der Waals surface area (Å²) in [6.45, 7) is 6.49. The van der Waals surface area contributed by atoms with E-state index >= 15 is 0 Å². The lowest BCUT2D eigenvalue weighted by Gasteiger charge is -2.38. The van der Waals surface area contributed by atoms with Gasteiger partial charge in [-0.25, -0.2) is 0 Å². The van der Waals surface area contributed by atoms with E-state index < -0.39 is 17.9 Å². The number of benzene rings is 2. The number of carbonyl (C=O) groups excluding carboxylic acids is 3. The molecule has 2 aromatic carbocycles. The highest BCUT2D eigenvalue weighted by Gasteiger charge is 2.64. The number of nitrogens with one attached hydrogen (secondary N) is 1. The van der Waals surface area contributed by atoms with Crippen molar-refractivity contribution in [2.24, 2.45) is 11.8 Å². The molecule has 7 heteroatoms. The Bertz CT molecular complexity index is 1210. The zero-order valence-electron chi connectivity index (χ0n) is 19.5. The molecule has 0 aliphatic carbocycles. The van der Waals surface area contributed by atoms with Crippen LogP contribution in [-0.2, 0) is 14.4 Å². The molecule has 0 aromatic heterocycles. The van der Waals surface area contributed by atoms with Crippen LogP contribution in [0.2, 0.25) is 5.02 Å². The topological polar surface area (TPSA) is 69.7 Å². The number of unbranched alkanes of at least 4 members (excludes halogenated alkanes) is 1. The second-order valence-electron chi connectivity index (χ2n) is 9.44. The van der Waals surface area contributed by atoms with Crippen molar-refractivity contribution in [2.45, 2.75) is 45.7 Å². The lowest BCUT2D eigenvalue weighted by atomic mass is 9.87. The van der Waals surface area contributed by atoms with Crippen molar-refractivity contribution in [2.75, 3.05) is 16.8 Å². The molecule has 6 nitrogen and oxygen atoms in total. The molecule has 176 valence electrons. The molecule has 2 aromatic rings. The van der Waals surface area contributed by atoms with Gasteiger partial charge in [0.15, 0.2) is 0 Å². The number of imide groups is 1. The first kappa shape index (κ1) is 22.7. The second kappa shape index (κ2) is 8.58. The van der Waals surface area contributed by atoms with Gasteiger partial charge in [0.05, 0.1) is 17.9 Å². The summed E-state index contributed by atoms with van der Waals surface area (Å²) < 4.78 is 0. The van der Waals surface area contributed by atoms with Crippen molar-refractivity contribution >= 4 is 46.3 Å². The smallest absolute Gasteiger partial charge is 0.247 e. The number of aryl methyl sites for hydroxylation is 1. The fraction of sp³-hybridized carbons (Fsp3) is 0.370. The van der Waals surface area contributed by atoms with E-state index in [9.17, 15) is 14.4 Å². The van der Waals surface area contributed by atoms with Crippen molar-refractivity contribution in [1.82, 2.24) is 4.90 Å². The molecule has 34 heavy (non-hydrogen) atoms. The molecule has 5 rings (SSSR count). The van der Waals surface area contributed by atoms with Gasteiger partial charge in [0.1, 0.15) is 6.04 Å². The van der Waals surface area contributed by atoms with Crippen molar-refractivity contribution in [3.05, 3.63) is 64.7 Å². The zero-order valence-corrected chi connectivity index (χ0v) is 20.3. The minimum atomic E-state index is -0.792. The van der Waals surface area contributed by atoms with Crippen LogP contribution in [0.5, 0.6) is 0 Å². The lowest BCUT2D eigenvalue weighted by Crippen LogP contribution is -2.50. The van der Waals surface area contributed by atoms with E-state index in [0.29, 0.717) is 17.3 Å². The summed E-state index contributed by atoms with van der Waals surface area (Å²) >= 11 is 6.00. The number of allylic oxidation sites excluding steroid dienone is 1. The third-order valence-electron chi connectivity index (χ3n) is 7.21. The molecule has 4 atom stereocenters. The molecule has 3 aliphatic rings. The highest BCUT2D eigenvalue weighted by atomic mass is 35.5. The van der Waals surface area contributed by atoms with Crippen LogP contribution in [0.1, 0.15) is 37.8 Å². The van der Waals surface area contributed by atoms with Crippen molar-refractivity contribution in [1.29, 1.82) is 0 Å².